The molecule has 1 amide bonds. The lowest BCUT2D eigenvalue weighted by atomic mass is 10.2. The van der Waals surface area contributed by atoms with Crippen molar-refractivity contribution in [3.05, 3.63) is 99.2 Å². The van der Waals surface area contributed by atoms with Crippen LogP contribution in [0.5, 0.6) is 0 Å². The highest BCUT2D eigenvalue weighted by atomic mass is 79.9. The van der Waals surface area contributed by atoms with E-state index in [9.17, 15) is 4.79 Å². The first-order valence-electron chi connectivity index (χ1n) is 9.33. The molecule has 0 aliphatic heterocycles. The molecule has 3 aromatic carbocycles. The Kier molecular flexibility index (Phi) is 5.97. The highest BCUT2D eigenvalue weighted by Gasteiger charge is 2.13. The van der Waals surface area contributed by atoms with Crippen LogP contribution in [0.4, 0.5) is 0 Å². The molecule has 4 rings (SSSR count). The minimum atomic E-state index is -0.0972. The zero-order valence-electron chi connectivity index (χ0n) is 15.6. The third-order valence-electron chi connectivity index (χ3n) is 4.74. The third kappa shape index (κ3) is 4.52. The summed E-state index contributed by atoms with van der Waals surface area (Å²) in [5, 5.41) is 3.72. The van der Waals surface area contributed by atoms with E-state index in [4.69, 9.17) is 16.6 Å². The average molecular weight is 469 g/mol. The second-order valence-corrected chi connectivity index (χ2v) is 8.03. The Morgan fingerprint density at radius 2 is 1.83 bits per heavy atom. The van der Waals surface area contributed by atoms with Crippen molar-refractivity contribution in [3.8, 4) is 0 Å². The van der Waals surface area contributed by atoms with Gasteiger partial charge in [0.15, 0.2) is 0 Å². The van der Waals surface area contributed by atoms with Gasteiger partial charge in [-0.05, 0) is 42.0 Å². The molecule has 0 aliphatic carbocycles. The molecule has 4 nitrogen and oxygen atoms in total. The van der Waals surface area contributed by atoms with Gasteiger partial charge in [0.2, 0.25) is 0 Å². The van der Waals surface area contributed by atoms with Crippen molar-refractivity contribution < 1.29 is 4.79 Å². The summed E-state index contributed by atoms with van der Waals surface area (Å²) in [6.45, 7) is 1.13. The number of fused-ring (bicyclic) bond motifs is 1. The van der Waals surface area contributed by atoms with Crippen LogP contribution in [0.2, 0.25) is 5.02 Å². The van der Waals surface area contributed by atoms with Gasteiger partial charge in [-0.1, -0.05) is 63.9 Å². The smallest absolute Gasteiger partial charge is 0.251 e. The van der Waals surface area contributed by atoms with Crippen molar-refractivity contribution in [1.82, 2.24) is 14.9 Å². The van der Waals surface area contributed by atoms with Crippen molar-refractivity contribution >= 4 is 44.5 Å². The number of nitrogens with zero attached hydrogens (tertiary/aromatic N) is 2. The second kappa shape index (κ2) is 8.80. The van der Waals surface area contributed by atoms with E-state index in [0.717, 1.165) is 31.9 Å². The van der Waals surface area contributed by atoms with Crippen molar-refractivity contribution in [3.63, 3.8) is 0 Å². The maximum atomic E-state index is 12.4. The SMILES string of the molecule is O=C(NCCc1nc2ccccc2n1Cc1ccccc1Cl)c1cccc(Br)c1. The summed E-state index contributed by atoms with van der Waals surface area (Å²) in [6.07, 6.45) is 0.624. The molecular formula is C23H19BrClN3O. The standard InChI is InChI=1S/C23H19BrClN3O/c24-18-8-5-7-16(14-18)23(29)26-13-12-22-27-20-10-3-4-11-21(20)28(22)15-17-6-1-2-9-19(17)25/h1-11,14H,12-13,15H2,(H,26,29). The molecule has 4 aromatic rings. The number of hydrogen-bond acceptors (Lipinski definition) is 2. The van der Waals surface area contributed by atoms with Gasteiger partial charge in [0, 0.05) is 28.0 Å². The fourth-order valence-corrected chi connectivity index (χ4v) is 3.90. The molecule has 1 heterocycles. The number of nitrogens with one attached hydrogen (secondary N) is 1. The number of aromatic nitrogens is 2. The molecule has 146 valence electrons. The Hall–Kier alpha value is -2.63. The lowest BCUT2D eigenvalue weighted by molar-refractivity contribution is 0.0954. The predicted molar refractivity (Wildman–Crippen MR) is 120 cm³/mol. The van der Waals surface area contributed by atoms with E-state index in [1.807, 2.05) is 60.7 Å². The first-order valence-corrected chi connectivity index (χ1v) is 10.5. The summed E-state index contributed by atoms with van der Waals surface area (Å²) in [5.74, 6) is 0.820. The number of rotatable bonds is 6. The Labute approximate surface area is 182 Å². The number of hydrogen-bond donors (Lipinski definition) is 1. The number of imidazole rings is 1. The van der Waals surface area contributed by atoms with Crippen LogP contribution in [-0.4, -0.2) is 22.0 Å². The van der Waals surface area contributed by atoms with Crippen molar-refractivity contribution in [2.24, 2.45) is 0 Å². The molecule has 0 saturated heterocycles. The van der Waals surface area contributed by atoms with Crippen molar-refractivity contribution in [1.29, 1.82) is 0 Å². The van der Waals surface area contributed by atoms with Crippen LogP contribution >= 0.6 is 27.5 Å². The van der Waals surface area contributed by atoms with Crippen LogP contribution in [0, 0.1) is 0 Å². The summed E-state index contributed by atoms with van der Waals surface area (Å²) < 4.78 is 3.05. The monoisotopic (exact) mass is 467 g/mol. The summed E-state index contributed by atoms with van der Waals surface area (Å²) in [5.41, 5.74) is 3.66. The molecule has 0 radical (unpaired) electrons. The highest BCUT2D eigenvalue weighted by molar-refractivity contribution is 9.10. The van der Waals surface area contributed by atoms with E-state index in [-0.39, 0.29) is 5.91 Å². The lowest BCUT2D eigenvalue weighted by Crippen LogP contribution is -2.26. The maximum absolute atomic E-state index is 12.4. The Morgan fingerprint density at radius 3 is 2.66 bits per heavy atom. The largest absolute Gasteiger partial charge is 0.352 e. The average Bonchev–Trinajstić information content (AvgIpc) is 3.07. The van der Waals surface area contributed by atoms with Gasteiger partial charge in [-0.15, -0.1) is 0 Å². The molecule has 0 aliphatic rings. The van der Waals surface area contributed by atoms with Crippen molar-refractivity contribution in [2.75, 3.05) is 6.54 Å². The quantitative estimate of drug-likeness (QED) is 0.408. The Balaban J connectivity index is 1.54. The van der Waals surface area contributed by atoms with Crippen molar-refractivity contribution in [2.45, 2.75) is 13.0 Å². The zero-order valence-corrected chi connectivity index (χ0v) is 18.0. The van der Waals surface area contributed by atoms with E-state index in [1.165, 1.54) is 0 Å². The molecule has 0 unspecified atom stereocenters. The maximum Gasteiger partial charge on any atom is 0.251 e. The number of para-hydroxylation sites is 2. The minimum Gasteiger partial charge on any atom is -0.352 e. The van der Waals surface area contributed by atoms with Crippen LogP contribution in [0.25, 0.3) is 11.0 Å². The van der Waals surface area contributed by atoms with E-state index < -0.39 is 0 Å². The molecule has 1 N–H and O–H groups in total. The number of halogens is 2. The first-order chi connectivity index (χ1) is 14.1. The minimum absolute atomic E-state index is 0.0972. The van der Waals surface area contributed by atoms with E-state index in [2.05, 4.69) is 31.9 Å². The summed E-state index contributed by atoms with van der Waals surface area (Å²) in [6, 6.07) is 23.2. The topological polar surface area (TPSA) is 46.9 Å². The Morgan fingerprint density at radius 1 is 1.03 bits per heavy atom. The number of amides is 1. The summed E-state index contributed by atoms with van der Waals surface area (Å²) in [7, 11) is 0. The van der Waals surface area contributed by atoms with Gasteiger partial charge in [-0.25, -0.2) is 4.98 Å². The molecule has 0 bridgehead atoms. The van der Waals surface area contributed by atoms with Gasteiger partial charge in [-0.3, -0.25) is 4.79 Å². The number of benzene rings is 3. The van der Waals surface area contributed by atoms with Gasteiger partial charge < -0.3 is 9.88 Å². The van der Waals surface area contributed by atoms with Gasteiger partial charge >= 0.3 is 0 Å². The summed E-state index contributed by atoms with van der Waals surface area (Å²) in [4.78, 5) is 17.2. The molecule has 0 saturated carbocycles. The van der Waals surface area contributed by atoms with E-state index in [1.54, 1.807) is 6.07 Å². The number of carbonyl (C=O) groups excluding carboxylic acids is 1. The van der Waals surface area contributed by atoms with Gasteiger partial charge in [0.25, 0.3) is 5.91 Å². The molecule has 6 heteroatoms. The first kappa shape index (κ1) is 19.7. The van der Waals surface area contributed by atoms with Crippen LogP contribution in [0.1, 0.15) is 21.7 Å². The van der Waals surface area contributed by atoms with Crippen LogP contribution in [-0.2, 0) is 13.0 Å². The molecule has 0 fully saturated rings. The fraction of sp³-hybridized carbons (Fsp3) is 0.130. The molecule has 0 spiro atoms. The second-order valence-electron chi connectivity index (χ2n) is 6.71. The normalized spacial score (nSPS) is 11.0. The zero-order chi connectivity index (χ0) is 20.2. The fourth-order valence-electron chi connectivity index (χ4n) is 3.31. The third-order valence-corrected chi connectivity index (χ3v) is 5.60. The summed E-state index contributed by atoms with van der Waals surface area (Å²) >= 11 is 9.77. The van der Waals surface area contributed by atoms with Crippen LogP contribution < -0.4 is 5.32 Å². The highest BCUT2D eigenvalue weighted by Crippen LogP contribution is 2.22. The Bertz CT molecular complexity index is 1170. The molecule has 0 atom stereocenters. The predicted octanol–water partition coefficient (Wildman–Crippen LogP) is 5.47. The van der Waals surface area contributed by atoms with Gasteiger partial charge in [0.05, 0.1) is 17.6 Å². The molecule has 29 heavy (non-hydrogen) atoms. The van der Waals surface area contributed by atoms with Gasteiger partial charge in [-0.2, -0.15) is 0 Å². The van der Waals surface area contributed by atoms with Gasteiger partial charge in [0.1, 0.15) is 5.82 Å². The van der Waals surface area contributed by atoms with Crippen LogP contribution in [0.15, 0.2) is 77.3 Å². The molecule has 1 aromatic heterocycles. The molecular weight excluding hydrogens is 450 g/mol. The number of carbonyl (C=O) groups is 1. The van der Waals surface area contributed by atoms with Crippen LogP contribution in [0.3, 0.4) is 0 Å². The van der Waals surface area contributed by atoms with E-state index >= 15 is 0 Å². The van der Waals surface area contributed by atoms with E-state index in [0.29, 0.717) is 25.1 Å². The lowest BCUT2D eigenvalue weighted by Gasteiger charge is -2.11.